The van der Waals surface area contributed by atoms with Gasteiger partial charge in [-0.2, -0.15) is 0 Å². The van der Waals surface area contributed by atoms with Crippen molar-refractivity contribution in [2.75, 3.05) is 14.2 Å². The number of carboxylic acids is 1. The molecule has 4 nitrogen and oxygen atoms in total. The average molecular weight is 196 g/mol. The van der Waals surface area contributed by atoms with Crippen LogP contribution in [0.25, 0.3) is 0 Å². The van der Waals surface area contributed by atoms with Crippen molar-refractivity contribution in [3.8, 4) is 11.5 Å². The zero-order chi connectivity index (χ0) is 10.7. The molecule has 0 unspecified atom stereocenters. The van der Waals surface area contributed by atoms with Gasteiger partial charge in [0.15, 0.2) is 11.5 Å². The Hall–Kier alpha value is -1.71. The molecule has 0 spiro atoms. The van der Waals surface area contributed by atoms with Crippen LogP contribution >= 0.6 is 0 Å². The van der Waals surface area contributed by atoms with E-state index in [1.165, 1.54) is 20.3 Å². The lowest BCUT2D eigenvalue weighted by Gasteiger charge is -2.11. The lowest BCUT2D eigenvalue weighted by atomic mass is 10.1. The fraction of sp³-hybridized carbons (Fsp3) is 0.300. The topological polar surface area (TPSA) is 55.8 Å². The Bertz CT molecular complexity index is 357. The van der Waals surface area contributed by atoms with Gasteiger partial charge in [-0.3, -0.25) is 0 Å². The predicted molar refractivity (Wildman–Crippen MR) is 51.2 cm³/mol. The van der Waals surface area contributed by atoms with Crippen molar-refractivity contribution >= 4 is 5.97 Å². The Labute approximate surface area is 82.1 Å². The van der Waals surface area contributed by atoms with Gasteiger partial charge < -0.3 is 14.6 Å². The molecule has 1 aromatic carbocycles. The summed E-state index contributed by atoms with van der Waals surface area (Å²) in [5, 5.41) is 8.85. The van der Waals surface area contributed by atoms with Crippen LogP contribution in [-0.2, 0) is 0 Å². The van der Waals surface area contributed by atoms with Gasteiger partial charge in [0.1, 0.15) is 0 Å². The third-order valence-electron chi connectivity index (χ3n) is 2.02. The zero-order valence-electron chi connectivity index (χ0n) is 8.33. The van der Waals surface area contributed by atoms with Gasteiger partial charge >= 0.3 is 5.97 Å². The van der Waals surface area contributed by atoms with Crippen LogP contribution in [0.3, 0.4) is 0 Å². The lowest BCUT2D eigenvalue weighted by Crippen LogP contribution is -2.02. The number of carbonyl (C=O) groups is 1. The highest BCUT2D eigenvalue weighted by Crippen LogP contribution is 2.32. The fourth-order valence-electron chi connectivity index (χ4n) is 1.31. The number of benzene rings is 1. The summed E-state index contributed by atoms with van der Waals surface area (Å²) in [5.41, 5.74) is 0.794. The second-order valence-electron chi connectivity index (χ2n) is 2.78. The van der Waals surface area contributed by atoms with E-state index in [-0.39, 0.29) is 5.56 Å². The van der Waals surface area contributed by atoms with Crippen LogP contribution in [0.4, 0.5) is 0 Å². The molecule has 0 atom stereocenters. The Morgan fingerprint density at radius 1 is 1.29 bits per heavy atom. The van der Waals surface area contributed by atoms with Crippen LogP contribution < -0.4 is 9.47 Å². The van der Waals surface area contributed by atoms with Gasteiger partial charge in [0, 0.05) is 5.56 Å². The van der Waals surface area contributed by atoms with Crippen LogP contribution in [0.15, 0.2) is 12.1 Å². The highest BCUT2D eigenvalue weighted by Gasteiger charge is 2.14. The number of aromatic carboxylic acids is 1. The first-order valence-electron chi connectivity index (χ1n) is 4.06. The summed E-state index contributed by atoms with van der Waals surface area (Å²) < 4.78 is 10.1. The second kappa shape index (κ2) is 4.00. The first-order chi connectivity index (χ1) is 6.61. The second-order valence-corrected chi connectivity index (χ2v) is 2.78. The summed E-state index contributed by atoms with van der Waals surface area (Å²) in [6.45, 7) is 1.69. The summed E-state index contributed by atoms with van der Waals surface area (Å²) in [6, 6.07) is 3.08. The van der Waals surface area contributed by atoms with Crippen LogP contribution in [-0.4, -0.2) is 25.3 Å². The van der Waals surface area contributed by atoms with E-state index >= 15 is 0 Å². The number of hydrogen-bond donors (Lipinski definition) is 1. The van der Waals surface area contributed by atoms with E-state index in [0.29, 0.717) is 17.1 Å². The molecule has 0 aromatic heterocycles. The Morgan fingerprint density at radius 3 is 2.36 bits per heavy atom. The molecule has 0 aliphatic heterocycles. The fourth-order valence-corrected chi connectivity index (χ4v) is 1.31. The van der Waals surface area contributed by atoms with E-state index in [2.05, 4.69) is 0 Å². The van der Waals surface area contributed by atoms with Crippen LogP contribution in [0, 0.1) is 6.92 Å². The van der Waals surface area contributed by atoms with Crippen LogP contribution in [0.2, 0.25) is 0 Å². The first-order valence-corrected chi connectivity index (χ1v) is 4.06. The van der Waals surface area contributed by atoms with Crippen LogP contribution in [0.5, 0.6) is 11.5 Å². The lowest BCUT2D eigenvalue weighted by molar-refractivity contribution is 0.0695. The van der Waals surface area contributed by atoms with Gasteiger partial charge in [-0.15, -0.1) is 0 Å². The van der Waals surface area contributed by atoms with E-state index in [9.17, 15) is 4.79 Å². The van der Waals surface area contributed by atoms with Crippen molar-refractivity contribution < 1.29 is 19.4 Å². The normalized spacial score (nSPS) is 9.64. The van der Waals surface area contributed by atoms with Crippen molar-refractivity contribution in [1.82, 2.24) is 0 Å². The summed E-state index contributed by atoms with van der Waals surface area (Å²) in [7, 11) is 2.99. The summed E-state index contributed by atoms with van der Waals surface area (Å²) in [5.74, 6) is 0.0332. The molecule has 0 aliphatic rings. The van der Waals surface area contributed by atoms with Crippen LogP contribution in [0.1, 0.15) is 15.9 Å². The van der Waals surface area contributed by atoms with Gasteiger partial charge in [0.25, 0.3) is 0 Å². The van der Waals surface area contributed by atoms with E-state index < -0.39 is 5.97 Å². The number of rotatable bonds is 3. The molecule has 4 heteroatoms. The standard InChI is InChI=1S/C10H12O4/c1-6-7(10(11)12)4-5-8(13-2)9(6)14-3/h4-5H,1-3H3,(H,11,12). The summed E-state index contributed by atoms with van der Waals surface area (Å²) in [4.78, 5) is 10.8. The van der Waals surface area contributed by atoms with Crippen molar-refractivity contribution in [3.63, 3.8) is 0 Å². The Morgan fingerprint density at radius 2 is 1.93 bits per heavy atom. The molecule has 14 heavy (non-hydrogen) atoms. The first kappa shape index (κ1) is 10.4. The van der Waals surface area contributed by atoms with Gasteiger partial charge in [-0.25, -0.2) is 4.79 Å². The minimum atomic E-state index is -0.969. The molecular weight excluding hydrogens is 184 g/mol. The molecule has 0 amide bonds. The molecule has 1 rings (SSSR count). The molecule has 0 fully saturated rings. The maximum atomic E-state index is 10.8. The van der Waals surface area contributed by atoms with Gasteiger partial charge in [-0.05, 0) is 19.1 Å². The number of hydrogen-bond acceptors (Lipinski definition) is 3. The van der Waals surface area contributed by atoms with E-state index in [4.69, 9.17) is 14.6 Å². The summed E-state index contributed by atoms with van der Waals surface area (Å²) >= 11 is 0. The molecule has 0 heterocycles. The van der Waals surface area contributed by atoms with Crippen molar-refractivity contribution in [2.24, 2.45) is 0 Å². The molecular formula is C10H12O4. The Kier molecular flexibility index (Phi) is 2.96. The highest BCUT2D eigenvalue weighted by molar-refractivity contribution is 5.90. The molecule has 1 N–H and O–H groups in total. The third-order valence-corrected chi connectivity index (χ3v) is 2.02. The van der Waals surface area contributed by atoms with Crippen molar-refractivity contribution in [1.29, 1.82) is 0 Å². The SMILES string of the molecule is COc1ccc(C(=O)O)c(C)c1OC. The molecule has 1 aromatic rings. The third kappa shape index (κ3) is 1.64. The van der Waals surface area contributed by atoms with Gasteiger partial charge in [-0.1, -0.05) is 0 Å². The van der Waals surface area contributed by atoms with Gasteiger partial charge in [0.2, 0.25) is 0 Å². The minimum Gasteiger partial charge on any atom is -0.493 e. The van der Waals surface area contributed by atoms with E-state index in [0.717, 1.165) is 0 Å². The maximum absolute atomic E-state index is 10.8. The quantitative estimate of drug-likeness (QED) is 0.799. The van der Waals surface area contributed by atoms with Crippen molar-refractivity contribution in [2.45, 2.75) is 6.92 Å². The number of carboxylic acid groups (broad SMARTS) is 1. The number of methoxy groups -OCH3 is 2. The number of ether oxygens (including phenoxy) is 2. The maximum Gasteiger partial charge on any atom is 0.336 e. The molecule has 76 valence electrons. The van der Waals surface area contributed by atoms with E-state index in [1.54, 1.807) is 13.0 Å². The smallest absolute Gasteiger partial charge is 0.336 e. The summed E-state index contributed by atoms with van der Waals surface area (Å²) in [6.07, 6.45) is 0. The molecule has 0 saturated carbocycles. The monoisotopic (exact) mass is 196 g/mol. The minimum absolute atomic E-state index is 0.225. The Balaban J connectivity index is 3.34. The zero-order valence-corrected chi connectivity index (χ0v) is 8.33. The molecule has 0 saturated heterocycles. The van der Waals surface area contributed by atoms with E-state index in [1.807, 2.05) is 0 Å². The predicted octanol–water partition coefficient (Wildman–Crippen LogP) is 1.71. The molecule has 0 bridgehead atoms. The average Bonchev–Trinajstić information content (AvgIpc) is 2.16. The van der Waals surface area contributed by atoms with Crippen molar-refractivity contribution in [3.05, 3.63) is 23.3 Å². The molecule has 0 aliphatic carbocycles. The highest BCUT2D eigenvalue weighted by atomic mass is 16.5. The largest absolute Gasteiger partial charge is 0.493 e. The molecule has 0 radical (unpaired) electrons. The van der Waals surface area contributed by atoms with Gasteiger partial charge in [0.05, 0.1) is 19.8 Å².